The average Bonchev–Trinajstić information content (AvgIpc) is 3.53. The molecule has 0 aliphatic rings. The van der Waals surface area contributed by atoms with Gasteiger partial charge in [-0.2, -0.15) is 10.2 Å². The van der Waals surface area contributed by atoms with Crippen molar-refractivity contribution in [2.45, 2.75) is 6.10 Å². The van der Waals surface area contributed by atoms with E-state index in [9.17, 15) is 9.90 Å². The maximum absolute atomic E-state index is 10.1. The quantitative estimate of drug-likeness (QED) is 0.551. The number of nitrogens with zero attached hydrogens (tertiary/aromatic N) is 4. The number of aromatic nitrogens is 4. The first kappa shape index (κ1) is 13.6. The van der Waals surface area contributed by atoms with Crippen molar-refractivity contribution in [2.75, 3.05) is 0 Å². The molecule has 144 valence electrons. The summed E-state index contributed by atoms with van der Waals surface area (Å²) in [6.45, 7) is -4.50. The maximum Gasteiger partial charge on any atom is 0.150 e. The van der Waals surface area contributed by atoms with E-state index < -0.39 is 20.1 Å². The van der Waals surface area contributed by atoms with Crippen LogP contribution in [-0.2, 0) is 14.0 Å². The Morgan fingerprint density at radius 1 is 0.929 bits per heavy atom. The highest BCUT2D eigenvalue weighted by Crippen LogP contribution is 2.20. The standard InChI is InChI=1S/C11H12N2O.C7H6O.C4H6N2/c1-13-10(7-8-12-13)11(14)9-5-3-2-4-6-9;8-6-7-4-2-1-3-5-7;1-6-4-2-3-5-6/h2-8,11,14H,1H3;1-6H;2-4H,1H3/i1D3;;1D3. The molecule has 1 atom stereocenters. The van der Waals surface area contributed by atoms with Crippen LogP contribution in [0.4, 0.5) is 0 Å². The van der Waals surface area contributed by atoms with Crippen molar-refractivity contribution in [2.24, 2.45) is 14.0 Å². The third-order valence-corrected chi connectivity index (χ3v) is 3.51. The molecule has 1 unspecified atom stereocenters. The van der Waals surface area contributed by atoms with Gasteiger partial charge in [-0.05, 0) is 17.7 Å². The second-order valence-corrected chi connectivity index (χ2v) is 5.46. The van der Waals surface area contributed by atoms with E-state index in [0.717, 1.165) is 21.2 Å². The minimum absolute atomic E-state index is 0.260. The van der Waals surface area contributed by atoms with Crippen LogP contribution >= 0.6 is 0 Å². The number of aliphatic hydroxyl groups excluding tert-OH is 1. The molecule has 0 aliphatic heterocycles. The summed E-state index contributed by atoms with van der Waals surface area (Å²) >= 11 is 0. The normalized spacial score (nSPS) is 14.8. The van der Waals surface area contributed by atoms with Crippen LogP contribution in [-0.4, -0.2) is 31.0 Å². The van der Waals surface area contributed by atoms with Crippen LogP contribution in [0.3, 0.4) is 0 Å². The maximum atomic E-state index is 10.1. The Labute approximate surface area is 173 Å². The van der Waals surface area contributed by atoms with Crippen molar-refractivity contribution in [3.8, 4) is 0 Å². The Kier molecular flexibility index (Phi) is 5.48. The third-order valence-electron chi connectivity index (χ3n) is 3.51. The van der Waals surface area contributed by atoms with E-state index in [1.165, 1.54) is 24.7 Å². The van der Waals surface area contributed by atoms with Crippen LogP contribution in [0.25, 0.3) is 0 Å². The van der Waals surface area contributed by atoms with Crippen LogP contribution in [0.2, 0.25) is 0 Å². The molecule has 0 spiro atoms. The van der Waals surface area contributed by atoms with Gasteiger partial charge in [-0.3, -0.25) is 14.2 Å². The molecule has 0 fully saturated rings. The summed E-state index contributed by atoms with van der Waals surface area (Å²) in [5.41, 5.74) is 1.63. The molecule has 28 heavy (non-hydrogen) atoms. The van der Waals surface area contributed by atoms with E-state index in [4.69, 9.17) is 8.22 Å². The van der Waals surface area contributed by atoms with E-state index in [0.29, 0.717) is 5.56 Å². The van der Waals surface area contributed by atoms with Gasteiger partial charge in [-0.25, -0.2) is 0 Å². The highest BCUT2D eigenvalue weighted by Gasteiger charge is 2.12. The van der Waals surface area contributed by atoms with Gasteiger partial charge >= 0.3 is 0 Å². The van der Waals surface area contributed by atoms with Crippen LogP contribution in [0.5, 0.6) is 0 Å². The van der Waals surface area contributed by atoms with E-state index in [2.05, 4.69) is 10.2 Å². The smallest absolute Gasteiger partial charge is 0.150 e. The number of hydrogen-bond donors (Lipinski definition) is 1. The fourth-order valence-electron chi connectivity index (χ4n) is 2.13. The summed E-state index contributed by atoms with van der Waals surface area (Å²) in [6.07, 6.45) is 4.06. The third kappa shape index (κ3) is 6.66. The second-order valence-electron chi connectivity index (χ2n) is 5.46. The topological polar surface area (TPSA) is 72.9 Å². The van der Waals surface area contributed by atoms with Crippen LogP contribution < -0.4 is 0 Å². The van der Waals surface area contributed by atoms with E-state index >= 15 is 0 Å². The van der Waals surface area contributed by atoms with Gasteiger partial charge in [0.25, 0.3) is 0 Å². The lowest BCUT2D eigenvalue weighted by molar-refractivity contribution is 0.112. The van der Waals surface area contributed by atoms with Gasteiger partial charge in [-0.1, -0.05) is 60.7 Å². The average molecular weight is 382 g/mol. The lowest BCUT2D eigenvalue weighted by atomic mass is 10.1. The van der Waals surface area contributed by atoms with E-state index in [1.54, 1.807) is 42.5 Å². The number of aryl methyl sites for hydroxylation is 2. The van der Waals surface area contributed by atoms with Crippen molar-refractivity contribution in [3.05, 3.63) is 108 Å². The molecular weight excluding hydrogens is 352 g/mol. The number of rotatable bonds is 3. The van der Waals surface area contributed by atoms with E-state index in [1.807, 2.05) is 24.3 Å². The highest BCUT2D eigenvalue weighted by atomic mass is 16.3. The van der Waals surface area contributed by atoms with Crippen molar-refractivity contribution >= 4 is 6.29 Å². The van der Waals surface area contributed by atoms with Gasteiger partial charge in [0.15, 0.2) is 0 Å². The molecule has 2 aromatic heterocycles. The molecule has 4 rings (SSSR count). The number of aldehydes is 1. The molecule has 4 aromatic rings. The Balaban J connectivity index is 0.000000201. The minimum Gasteiger partial charge on any atom is -0.382 e. The first-order chi connectivity index (χ1) is 16.0. The molecule has 1 N–H and O–H groups in total. The molecule has 6 nitrogen and oxygen atoms in total. The Hall–Kier alpha value is -3.51. The number of carbonyl (C=O) groups excluding carboxylic acids is 1. The zero-order valence-electron chi connectivity index (χ0n) is 21.0. The predicted octanol–water partition coefficient (Wildman–Crippen LogP) is 3.42. The molecule has 0 bridgehead atoms. The van der Waals surface area contributed by atoms with E-state index in [-0.39, 0.29) is 5.69 Å². The summed E-state index contributed by atoms with van der Waals surface area (Å²) in [6, 6.07) is 21.1. The monoisotopic (exact) mass is 382 g/mol. The van der Waals surface area contributed by atoms with Crippen molar-refractivity contribution in [3.63, 3.8) is 0 Å². The number of carbonyl (C=O) groups is 1. The second kappa shape index (κ2) is 11.3. The molecule has 0 aliphatic carbocycles. The lowest BCUT2D eigenvalue weighted by Crippen LogP contribution is -2.06. The zero-order valence-corrected chi connectivity index (χ0v) is 15.0. The summed E-state index contributed by atoms with van der Waals surface area (Å²) in [4.78, 5) is 10.0. The molecule has 0 amide bonds. The van der Waals surface area contributed by atoms with Crippen molar-refractivity contribution in [1.82, 2.24) is 19.6 Å². The van der Waals surface area contributed by atoms with Crippen LogP contribution in [0, 0.1) is 0 Å². The lowest BCUT2D eigenvalue weighted by Gasteiger charge is -2.10. The summed E-state index contributed by atoms with van der Waals surface area (Å²) in [5, 5.41) is 17.4. The molecule has 2 aromatic carbocycles. The largest absolute Gasteiger partial charge is 0.382 e. The number of aliphatic hydroxyl groups is 1. The molecule has 0 radical (unpaired) electrons. The zero-order chi connectivity index (χ0) is 25.2. The molecule has 6 heteroatoms. The number of hydrogen-bond acceptors (Lipinski definition) is 4. The fourth-order valence-corrected chi connectivity index (χ4v) is 2.13. The molecule has 2 heterocycles. The minimum atomic E-state index is -2.38. The van der Waals surface area contributed by atoms with Gasteiger partial charge in [0.05, 0.1) is 5.69 Å². The van der Waals surface area contributed by atoms with Crippen molar-refractivity contribution in [1.29, 1.82) is 0 Å². The Bertz CT molecular complexity index is 1110. The molecule has 0 saturated carbocycles. The van der Waals surface area contributed by atoms with Crippen molar-refractivity contribution < 1.29 is 18.1 Å². The molecule has 0 saturated heterocycles. The van der Waals surface area contributed by atoms with Gasteiger partial charge in [0.1, 0.15) is 12.4 Å². The summed E-state index contributed by atoms with van der Waals surface area (Å²) in [7, 11) is 0. The Morgan fingerprint density at radius 3 is 2.14 bits per heavy atom. The highest BCUT2D eigenvalue weighted by molar-refractivity contribution is 5.74. The number of benzene rings is 2. The summed E-state index contributed by atoms with van der Waals surface area (Å²) < 4.78 is 44.2. The van der Waals surface area contributed by atoms with Gasteiger partial charge in [-0.15, -0.1) is 0 Å². The van der Waals surface area contributed by atoms with Gasteiger partial charge in [0.2, 0.25) is 0 Å². The SMILES string of the molecule is O=Cc1ccccc1.[2H]C([2H])([2H])n1cccn1.[2H]C([2H])([2H])n1nccc1C(O)c1ccccc1. The van der Waals surface area contributed by atoms with Gasteiger partial charge < -0.3 is 5.11 Å². The van der Waals surface area contributed by atoms with Gasteiger partial charge in [0, 0.05) is 46.3 Å². The predicted molar refractivity (Wildman–Crippen MR) is 109 cm³/mol. The van der Waals surface area contributed by atoms with Crippen LogP contribution in [0.1, 0.15) is 35.9 Å². The Morgan fingerprint density at radius 2 is 1.64 bits per heavy atom. The first-order valence-corrected chi connectivity index (χ1v) is 8.32. The van der Waals surface area contributed by atoms with Crippen LogP contribution in [0.15, 0.2) is 91.4 Å². The molecular formula is C22H24N4O2. The summed E-state index contributed by atoms with van der Waals surface area (Å²) in [5.74, 6) is 0. The first-order valence-electron chi connectivity index (χ1n) is 11.3. The fraction of sp³-hybridized carbons (Fsp3) is 0.136.